The number of likely N-dealkylation sites (tertiary alicyclic amines) is 1. The van der Waals surface area contributed by atoms with E-state index in [0.29, 0.717) is 24.8 Å². The number of benzene rings is 1. The third-order valence-electron chi connectivity index (χ3n) is 9.55. The van der Waals surface area contributed by atoms with E-state index in [1.807, 2.05) is 39.0 Å². The summed E-state index contributed by atoms with van der Waals surface area (Å²) in [6.07, 6.45) is 2.99. The van der Waals surface area contributed by atoms with Gasteiger partial charge in [0, 0.05) is 30.9 Å². The van der Waals surface area contributed by atoms with Crippen LogP contribution in [0.15, 0.2) is 55.6 Å². The molecule has 2 bridgehead atoms. The number of carbonyl (C=O) groups is 4. The van der Waals surface area contributed by atoms with Crippen molar-refractivity contribution >= 4 is 39.6 Å². The Hall–Kier alpha value is -3.06. The van der Waals surface area contributed by atoms with Gasteiger partial charge in [-0.15, -0.1) is 13.2 Å². The molecule has 3 heterocycles. The molecule has 3 amide bonds. The summed E-state index contributed by atoms with van der Waals surface area (Å²) in [6, 6.07) is 6.39. The summed E-state index contributed by atoms with van der Waals surface area (Å²) in [5.41, 5.74) is -0.683. The number of hydrogen-bond donors (Lipinski definition) is 2. The molecule has 258 valence electrons. The fourth-order valence-corrected chi connectivity index (χ4v) is 8.34. The van der Waals surface area contributed by atoms with Gasteiger partial charge in [-0.2, -0.15) is 0 Å². The molecule has 1 spiro atoms. The minimum atomic E-state index is -1.32. The van der Waals surface area contributed by atoms with Crippen LogP contribution in [0, 0.1) is 11.8 Å². The summed E-state index contributed by atoms with van der Waals surface area (Å²) in [7, 11) is 1.50. The van der Waals surface area contributed by atoms with Crippen LogP contribution in [0.2, 0.25) is 0 Å². The standard InChI is InChI=1S/C35H48BrN3O8/c1-7-10-16-26(41)37-25(20-45-6)29(22-14-12-11-13-15-22)46-34(44)27-28-32(42)39(23(9-3)19-40)31(33(43)38(17-8-2)21(4)5)35(28)18-24(36)30(27)47-35/h7-8,11-15,21,23-25,27-31,40H,1-2,9-10,16-20H2,3-6H3,(H,37,41)/t23-,24?,25+,27+,28-,29+,30+,31+,35-/m0/s1. The van der Waals surface area contributed by atoms with Gasteiger partial charge in [0.05, 0.1) is 43.2 Å². The van der Waals surface area contributed by atoms with E-state index < -0.39 is 59.6 Å². The van der Waals surface area contributed by atoms with Crippen molar-refractivity contribution in [2.45, 2.75) is 93.3 Å². The van der Waals surface area contributed by atoms with Crippen molar-refractivity contribution < 1.29 is 38.5 Å². The zero-order chi connectivity index (χ0) is 34.5. The summed E-state index contributed by atoms with van der Waals surface area (Å²) in [5.74, 6) is -3.72. The number of ether oxygens (including phenoxy) is 3. The highest BCUT2D eigenvalue weighted by molar-refractivity contribution is 9.09. The first-order valence-corrected chi connectivity index (χ1v) is 17.2. The first-order chi connectivity index (χ1) is 22.5. The van der Waals surface area contributed by atoms with Gasteiger partial charge in [0.15, 0.2) is 0 Å². The molecule has 1 unspecified atom stereocenters. The molecular formula is C35H48BrN3O8. The maximum atomic E-state index is 14.5. The Morgan fingerprint density at radius 3 is 2.51 bits per heavy atom. The minimum Gasteiger partial charge on any atom is -0.455 e. The second kappa shape index (κ2) is 15.9. The summed E-state index contributed by atoms with van der Waals surface area (Å²) in [4.78, 5) is 58.9. The van der Waals surface area contributed by atoms with Crippen LogP contribution in [-0.2, 0) is 33.4 Å². The number of rotatable bonds is 17. The van der Waals surface area contributed by atoms with Crippen molar-refractivity contribution in [2.24, 2.45) is 11.8 Å². The lowest BCUT2D eigenvalue weighted by Crippen LogP contribution is -2.60. The Balaban J connectivity index is 1.75. The molecule has 0 radical (unpaired) electrons. The van der Waals surface area contributed by atoms with Crippen molar-refractivity contribution in [3.8, 4) is 0 Å². The average molecular weight is 719 g/mol. The topological polar surface area (TPSA) is 135 Å². The van der Waals surface area contributed by atoms with Gasteiger partial charge in [-0.1, -0.05) is 65.3 Å². The van der Waals surface area contributed by atoms with Crippen molar-refractivity contribution in [3.05, 3.63) is 61.2 Å². The minimum absolute atomic E-state index is 0.0536. The highest BCUT2D eigenvalue weighted by atomic mass is 79.9. The summed E-state index contributed by atoms with van der Waals surface area (Å²) in [5, 5.41) is 13.3. The molecule has 9 atom stereocenters. The number of nitrogens with zero attached hydrogens (tertiary/aromatic N) is 2. The molecule has 3 aliphatic rings. The highest BCUT2D eigenvalue weighted by Gasteiger charge is 2.77. The van der Waals surface area contributed by atoms with Crippen LogP contribution in [-0.4, -0.2) is 106 Å². The van der Waals surface area contributed by atoms with E-state index in [9.17, 15) is 24.3 Å². The molecule has 0 aliphatic carbocycles. The number of allylic oxidation sites excluding steroid dienone is 1. The van der Waals surface area contributed by atoms with Gasteiger partial charge in [-0.3, -0.25) is 19.2 Å². The van der Waals surface area contributed by atoms with Crippen LogP contribution >= 0.6 is 15.9 Å². The Bertz CT molecular complexity index is 1310. The molecule has 3 saturated heterocycles. The van der Waals surface area contributed by atoms with E-state index in [0.717, 1.165) is 0 Å². The van der Waals surface area contributed by atoms with Gasteiger partial charge >= 0.3 is 5.97 Å². The van der Waals surface area contributed by atoms with Crippen molar-refractivity contribution in [1.29, 1.82) is 0 Å². The summed E-state index contributed by atoms with van der Waals surface area (Å²) >= 11 is 3.70. The Morgan fingerprint density at radius 2 is 1.94 bits per heavy atom. The molecule has 3 fully saturated rings. The van der Waals surface area contributed by atoms with Crippen molar-refractivity contribution in [1.82, 2.24) is 15.1 Å². The number of aliphatic hydroxyl groups excluding tert-OH is 1. The normalized spacial score (nSPS) is 28.0. The number of alkyl halides is 1. The summed E-state index contributed by atoms with van der Waals surface area (Å²) < 4.78 is 18.4. The summed E-state index contributed by atoms with van der Waals surface area (Å²) in [6.45, 7) is 13.1. The van der Waals surface area contributed by atoms with E-state index >= 15 is 0 Å². The number of methoxy groups -OCH3 is 1. The predicted octanol–water partition coefficient (Wildman–Crippen LogP) is 3.31. The highest BCUT2D eigenvalue weighted by Crippen LogP contribution is 2.61. The number of nitrogens with one attached hydrogen (secondary N) is 1. The van der Waals surface area contributed by atoms with E-state index in [1.165, 1.54) is 12.0 Å². The first kappa shape index (κ1) is 36.8. The zero-order valence-electron chi connectivity index (χ0n) is 27.7. The number of esters is 1. The number of aliphatic hydroxyl groups is 1. The number of fused-ring (bicyclic) bond motifs is 1. The van der Waals surface area contributed by atoms with Crippen molar-refractivity contribution in [3.63, 3.8) is 0 Å². The smallest absolute Gasteiger partial charge is 0.313 e. The molecule has 0 saturated carbocycles. The Morgan fingerprint density at radius 1 is 1.23 bits per heavy atom. The fourth-order valence-electron chi connectivity index (χ4n) is 7.40. The van der Waals surface area contributed by atoms with Gasteiger partial charge in [0.1, 0.15) is 17.7 Å². The molecule has 1 aromatic carbocycles. The monoisotopic (exact) mass is 717 g/mol. The lowest BCUT2D eigenvalue weighted by Gasteiger charge is -2.40. The largest absolute Gasteiger partial charge is 0.455 e. The number of halogens is 1. The Kier molecular flexibility index (Phi) is 12.4. The van der Waals surface area contributed by atoms with E-state index in [4.69, 9.17) is 14.2 Å². The van der Waals surface area contributed by atoms with Gasteiger partial charge in [0.25, 0.3) is 0 Å². The quantitative estimate of drug-likeness (QED) is 0.143. The SMILES string of the molecule is C=CCCC(=O)N[C@H](COC)[C@H](OC(=O)[C@H]1[C@@H]2O[C@@]3(CC2Br)[C@@H]1C(=O)N([C@@H](CC)CO)[C@@H]3C(=O)N(CC=C)C(C)C)c1ccccc1. The molecule has 12 heteroatoms. The number of carbonyl (C=O) groups excluding carboxylic acids is 4. The van der Waals surface area contributed by atoms with E-state index in [2.05, 4.69) is 34.4 Å². The second-order valence-corrected chi connectivity index (χ2v) is 13.9. The van der Waals surface area contributed by atoms with Crippen molar-refractivity contribution in [2.75, 3.05) is 26.9 Å². The number of hydrogen-bond acceptors (Lipinski definition) is 8. The van der Waals surface area contributed by atoms with Crippen LogP contribution < -0.4 is 5.32 Å². The van der Waals surface area contributed by atoms with Gasteiger partial charge in [-0.25, -0.2) is 0 Å². The maximum absolute atomic E-state index is 14.5. The maximum Gasteiger partial charge on any atom is 0.313 e. The fraction of sp³-hybridized carbons (Fsp3) is 0.600. The Labute approximate surface area is 285 Å². The van der Waals surface area contributed by atoms with Gasteiger partial charge in [-0.05, 0) is 38.7 Å². The third kappa shape index (κ3) is 7.06. The lowest BCUT2D eigenvalue weighted by molar-refractivity contribution is -0.163. The molecule has 1 aromatic rings. The van der Waals surface area contributed by atoms with Crippen LogP contribution in [0.5, 0.6) is 0 Å². The molecular weight excluding hydrogens is 670 g/mol. The van der Waals surface area contributed by atoms with Crippen LogP contribution in [0.3, 0.4) is 0 Å². The third-order valence-corrected chi connectivity index (χ3v) is 10.4. The molecule has 47 heavy (non-hydrogen) atoms. The van der Waals surface area contributed by atoms with Crippen LogP contribution in [0.4, 0.5) is 0 Å². The molecule has 2 N–H and O–H groups in total. The number of amides is 3. The van der Waals surface area contributed by atoms with Gasteiger partial charge < -0.3 is 34.4 Å². The molecule has 0 aromatic heterocycles. The van der Waals surface area contributed by atoms with E-state index in [1.54, 1.807) is 29.2 Å². The van der Waals surface area contributed by atoms with Crippen LogP contribution in [0.25, 0.3) is 0 Å². The molecule has 11 nitrogen and oxygen atoms in total. The van der Waals surface area contributed by atoms with Gasteiger partial charge in [0.2, 0.25) is 17.7 Å². The molecule has 3 aliphatic heterocycles. The second-order valence-electron chi connectivity index (χ2n) is 12.8. The average Bonchev–Trinajstić information content (AvgIpc) is 3.65. The van der Waals surface area contributed by atoms with E-state index in [-0.39, 0.29) is 48.9 Å². The molecule has 4 rings (SSSR count). The lowest BCUT2D eigenvalue weighted by atomic mass is 9.70. The zero-order valence-corrected chi connectivity index (χ0v) is 29.3. The first-order valence-electron chi connectivity index (χ1n) is 16.3. The van der Waals surface area contributed by atoms with Crippen LogP contribution in [0.1, 0.15) is 58.1 Å². The predicted molar refractivity (Wildman–Crippen MR) is 179 cm³/mol.